The molecule has 0 radical (unpaired) electrons. The predicted octanol–water partition coefficient (Wildman–Crippen LogP) is 3.49. The number of carbonyl (C=O) groups excluding carboxylic acids is 2. The van der Waals surface area contributed by atoms with Gasteiger partial charge in [-0.1, -0.05) is 43.6 Å². The summed E-state index contributed by atoms with van der Waals surface area (Å²) in [6, 6.07) is 9.33. The molecule has 1 aliphatic carbocycles. The molecular weight excluding hydrogens is 364 g/mol. The molecule has 2 unspecified atom stereocenters. The van der Waals surface area contributed by atoms with E-state index in [2.05, 4.69) is 0 Å². The van der Waals surface area contributed by atoms with Crippen LogP contribution in [0.3, 0.4) is 0 Å². The molecule has 1 amide bonds. The molecule has 142 valence electrons. The molecule has 0 aromatic heterocycles. The van der Waals surface area contributed by atoms with E-state index < -0.39 is 11.0 Å². The van der Waals surface area contributed by atoms with Crippen molar-refractivity contribution < 1.29 is 14.3 Å². The Morgan fingerprint density at radius 3 is 2.74 bits per heavy atom. The van der Waals surface area contributed by atoms with Crippen molar-refractivity contribution in [2.75, 3.05) is 19.7 Å². The zero-order chi connectivity index (χ0) is 19.8. The number of carbonyl (C=O) groups is 2. The number of allylic oxidation sites excluding steroid dienone is 1. The Morgan fingerprint density at radius 2 is 2.07 bits per heavy atom. The van der Waals surface area contributed by atoms with Gasteiger partial charge in [0.15, 0.2) is 5.78 Å². The van der Waals surface area contributed by atoms with Crippen molar-refractivity contribution in [3.63, 3.8) is 0 Å². The molecule has 1 spiro atoms. The number of hydrogen-bond acceptors (Lipinski definition) is 4. The summed E-state index contributed by atoms with van der Waals surface area (Å²) in [5.41, 5.74) is -0.617. The lowest BCUT2D eigenvalue weighted by molar-refractivity contribution is -0.152. The average Bonchev–Trinajstić information content (AvgIpc) is 2.64. The van der Waals surface area contributed by atoms with E-state index in [1.807, 2.05) is 45.0 Å². The molecule has 0 N–H and O–H groups in total. The molecule has 2 atom stereocenters. The maximum absolute atomic E-state index is 13.1. The maximum atomic E-state index is 13.1. The van der Waals surface area contributed by atoms with Crippen molar-refractivity contribution in [2.24, 2.45) is 5.41 Å². The average molecular weight is 387 g/mol. The third-order valence-corrected chi connectivity index (χ3v) is 5.74. The lowest BCUT2D eigenvalue weighted by Crippen LogP contribution is -2.57. The first kappa shape index (κ1) is 19.6. The molecule has 6 heteroatoms. The van der Waals surface area contributed by atoms with Crippen LogP contribution in [0, 0.1) is 16.7 Å². The Morgan fingerprint density at radius 1 is 1.37 bits per heavy atom. The normalized spacial score (nSPS) is 25.7. The predicted molar refractivity (Wildman–Crippen MR) is 102 cm³/mol. The first-order valence-corrected chi connectivity index (χ1v) is 9.42. The number of morpholine rings is 1. The van der Waals surface area contributed by atoms with Crippen LogP contribution in [0.1, 0.15) is 38.7 Å². The highest BCUT2D eigenvalue weighted by Gasteiger charge is 2.48. The van der Waals surface area contributed by atoms with Crippen LogP contribution in [-0.4, -0.2) is 41.9 Å². The van der Waals surface area contributed by atoms with Crippen LogP contribution in [0.25, 0.3) is 0 Å². The van der Waals surface area contributed by atoms with Gasteiger partial charge in [0.25, 0.3) is 0 Å². The third-order valence-electron chi connectivity index (χ3n) is 5.39. The fourth-order valence-corrected chi connectivity index (χ4v) is 4.38. The number of halogens is 1. The highest BCUT2D eigenvalue weighted by Crippen LogP contribution is 2.41. The number of amides is 1. The minimum atomic E-state index is -0.809. The third kappa shape index (κ3) is 3.65. The molecule has 1 saturated heterocycles. The summed E-state index contributed by atoms with van der Waals surface area (Å²) in [5.74, 6) is -0.592. The summed E-state index contributed by atoms with van der Waals surface area (Å²) < 4.78 is 6.01. The zero-order valence-corrected chi connectivity index (χ0v) is 16.5. The molecule has 0 saturated carbocycles. The van der Waals surface area contributed by atoms with E-state index in [9.17, 15) is 14.9 Å². The van der Waals surface area contributed by atoms with E-state index >= 15 is 0 Å². The number of nitriles is 1. The highest BCUT2D eigenvalue weighted by atomic mass is 35.5. The Bertz CT molecular complexity index is 855. The summed E-state index contributed by atoms with van der Waals surface area (Å²) in [7, 11) is 0. The number of ketones is 1. The van der Waals surface area contributed by atoms with Gasteiger partial charge in [0.1, 0.15) is 11.7 Å². The molecule has 3 rings (SSSR count). The second-order valence-corrected chi connectivity index (χ2v) is 8.38. The number of hydrogen-bond donors (Lipinski definition) is 0. The summed E-state index contributed by atoms with van der Waals surface area (Å²) in [6.07, 6.45) is 2.05. The van der Waals surface area contributed by atoms with Crippen molar-refractivity contribution in [1.82, 2.24) is 4.90 Å². The van der Waals surface area contributed by atoms with E-state index in [1.54, 1.807) is 17.0 Å². The van der Waals surface area contributed by atoms with Gasteiger partial charge in [-0.25, -0.2) is 0 Å². The lowest BCUT2D eigenvalue weighted by atomic mass is 9.69. The van der Waals surface area contributed by atoms with Gasteiger partial charge < -0.3 is 9.64 Å². The van der Waals surface area contributed by atoms with Crippen LogP contribution in [0.2, 0.25) is 5.02 Å². The SMILES string of the molecule is CC(C(=O)N1CCOC2(C=C(C#N)C(=O)C(C)(C)C2)C1)c1ccccc1Cl. The fraction of sp³-hybridized carbons (Fsp3) is 0.476. The molecule has 1 aromatic carbocycles. The summed E-state index contributed by atoms with van der Waals surface area (Å²) in [6.45, 7) is 6.63. The summed E-state index contributed by atoms with van der Waals surface area (Å²) in [5, 5.41) is 9.93. The Kier molecular flexibility index (Phi) is 5.16. The van der Waals surface area contributed by atoms with E-state index in [1.165, 1.54) is 0 Å². The van der Waals surface area contributed by atoms with E-state index in [0.717, 1.165) is 5.56 Å². The smallest absolute Gasteiger partial charge is 0.230 e. The van der Waals surface area contributed by atoms with E-state index in [0.29, 0.717) is 31.1 Å². The molecule has 1 aliphatic heterocycles. The minimum absolute atomic E-state index is 0.0348. The van der Waals surface area contributed by atoms with Crippen molar-refractivity contribution in [3.05, 3.63) is 46.5 Å². The molecule has 1 fully saturated rings. The number of ether oxygens (including phenoxy) is 1. The van der Waals surface area contributed by atoms with Crippen molar-refractivity contribution in [3.8, 4) is 6.07 Å². The van der Waals surface area contributed by atoms with Crippen molar-refractivity contribution in [2.45, 2.75) is 38.7 Å². The lowest BCUT2D eigenvalue weighted by Gasteiger charge is -2.47. The van der Waals surface area contributed by atoms with E-state index in [-0.39, 0.29) is 23.2 Å². The van der Waals surface area contributed by atoms with Gasteiger partial charge in [0, 0.05) is 17.0 Å². The molecule has 27 heavy (non-hydrogen) atoms. The number of nitrogens with zero attached hydrogens (tertiary/aromatic N) is 2. The Balaban J connectivity index is 1.87. The minimum Gasteiger partial charge on any atom is -0.367 e. The van der Waals surface area contributed by atoms with Crippen molar-refractivity contribution >= 4 is 23.3 Å². The Hall–Kier alpha value is -2.16. The first-order chi connectivity index (χ1) is 12.7. The summed E-state index contributed by atoms with van der Waals surface area (Å²) in [4.78, 5) is 27.3. The van der Waals surface area contributed by atoms with Crippen LogP contribution in [0.15, 0.2) is 35.9 Å². The number of Topliss-reactive ketones (excluding diaryl/α,β-unsaturated/α-hetero) is 1. The molecule has 1 heterocycles. The van der Waals surface area contributed by atoms with Crippen LogP contribution >= 0.6 is 11.6 Å². The highest BCUT2D eigenvalue weighted by molar-refractivity contribution is 6.31. The molecule has 2 aliphatic rings. The first-order valence-electron chi connectivity index (χ1n) is 9.04. The van der Waals surface area contributed by atoms with Gasteiger partial charge >= 0.3 is 0 Å². The largest absolute Gasteiger partial charge is 0.367 e. The maximum Gasteiger partial charge on any atom is 0.230 e. The van der Waals surface area contributed by atoms with E-state index in [4.69, 9.17) is 16.3 Å². The van der Waals surface area contributed by atoms with Gasteiger partial charge in [-0.05, 0) is 31.1 Å². The molecule has 1 aromatic rings. The number of rotatable bonds is 2. The molecule has 0 bridgehead atoms. The molecular formula is C21H23ClN2O3. The van der Waals surface area contributed by atoms with Crippen LogP contribution in [0.5, 0.6) is 0 Å². The van der Waals surface area contributed by atoms with Gasteiger partial charge in [-0.2, -0.15) is 5.26 Å². The van der Waals surface area contributed by atoms with Gasteiger partial charge in [0.2, 0.25) is 5.91 Å². The topological polar surface area (TPSA) is 70.4 Å². The van der Waals surface area contributed by atoms with Crippen LogP contribution in [0.4, 0.5) is 0 Å². The second-order valence-electron chi connectivity index (χ2n) is 7.98. The standard InChI is InChI=1S/C21H23ClN2O3/c1-14(16-6-4-5-7-17(16)22)19(26)24-8-9-27-21(13-24)10-15(11-23)18(25)20(2,3)12-21/h4-7,10,14H,8-9,12-13H2,1-3H3. The van der Waals surface area contributed by atoms with Crippen LogP contribution in [-0.2, 0) is 14.3 Å². The van der Waals surface area contributed by atoms with Crippen molar-refractivity contribution in [1.29, 1.82) is 5.26 Å². The van der Waals surface area contributed by atoms with Gasteiger partial charge in [0.05, 0.1) is 24.6 Å². The van der Waals surface area contributed by atoms with Gasteiger partial charge in [-0.3, -0.25) is 9.59 Å². The van der Waals surface area contributed by atoms with Crippen LogP contribution < -0.4 is 0 Å². The monoisotopic (exact) mass is 386 g/mol. The zero-order valence-electron chi connectivity index (χ0n) is 15.8. The Labute approximate surface area is 164 Å². The van der Waals surface area contributed by atoms with Gasteiger partial charge in [-0.15, -0.1) is 0 Å². The molecule has 5 nitrogen and oxygen atoms in total. The number of benzene rings is 1. The fourth-order valence-electron chi connectivity index (χ4n) is 4.08. The quantitative estimate of drug-likeness (QED) is 0.780. The second kappa shape index (κ2) is 7.10. The summed E-state index contributed by atoms with van der Waals surface area (Å²) >= 11 is 6.26.